The molecule has 0 fully saturated rings. The molecule has 2 aromatic heterocycles. The Morgan fingerprint density at radius 2 is 2.14 bits per heavy atom. The molecule has 0 saturated carbocycles. The third-order valence-corrected chi connectivity index (χ3v) is 5.26. The highest BCUT2D eigenvalue weighted by Gasteiger charge is 2.24. The first-order valence-electron chi connectivity index (χ1n) is 9.42. The number of benzene rings is 1. The quantitative estimate of drug-likeness (QED) is 0.727. The molecule has 0 amide bonds. The van der Waals surface area contributed by atoms with E-state index in [0.29, 0.717) is 31.1 Å². The Morgan fingerprint density at radius 1 is 1.28 bits per heavy atom. The molecular weight excluding hydrogens is 372 g/mol. The number of rotatable bonds is 4. The van der Waals surface area contributed by atoms with Crippen LogP contribution in [0.15, 0.2) is 41.5 Å². The minimum Gasteiger partial charge on any atom is -0.496 e. The van der Waals surface area contributed by atoms with Gasteiger partial charge in [-0.3, -0.25) is 14.7 Å². The first kappa shape index (κ1) is 17.7. The van der Waals surface area contributed by atoms with Crippen LogP contribution < -0.4 is 19.8 Å². The van der Waals surface area contributed by atoms with Crippen molar-refractivity contribution in [2.24, 2.45) is 0 Å². The van der Waals surface area contributed by atoms with Gasteiger partial charge in [0.15, 0.2) is 11.5 Å². The molecule has 1 aromatic carbocycles. The summed E-state index contributed by atoms with van der Waals surface area (Å²) < 4.78 is 16.5. The van der Waals surface area contributed by atoms with E-state index in [4.69, 9.17) is 19.2 Å². The van der Waals surface area contributed by atoms with Crippen LogP contribution in [0.25, 0.3) is 11.4 Å². The standard InChI is InChI=1S/C21H20N4O4/c1-27-17-8-19-18(28-12-29-19)7-14(17)10-25-6-4-15-16(11-25)23-20(24-21(15)26)13-3-2-5-22-9-13/h2-3,5,7-9H,4,6,10-12H2,1H3,(H,23,24,26). The van der Waals surface area contributed by atoms with Crippen molar-refractivity contribution < 1.29 is 14.2 Å². The van der Waals surface area contributed by atoms with Gasteiger partial charge in [0.2, 0.25) is 6.79 Å². The van der Waals surface area contributed by atoms with Gasteiger partial charge in [-0.25, -0.2) is 4.98 Å². The molecule has 1 N–H and O–H groups in total. The van der Waals surface area contributed by atoms with E-state index in [1.54, 1.807) is 19.5 Å². The first-order chi connectivity index (χ1) is 14.2. The monoisotopic (exact) mass is 392 g/mol. The van der Waals surface area contributed by atoms with Crippen LogP contribution in [0.5, 0.6) is 17.2 Å². The number of aromatic amines is 1. The third kappa shape index (κ3) is 3.31. The Bertz CT molecular complexity index is 1110. The summed E-state index contributed by atoms with van der Waals surface area (Å²) in [4.78, 5) is 26.5. The first-order valence-corrected chi connectivity index (χ1v) is 9.42. The Morgan fingerprint density at radius 3 is 2.93 bits per heavy atom. The Labute approximate surface area is 167 Å². The van der Waals surface area contributed by atoms with Crippen LogP contribution in [-0.2, 0) is 19.5 Å². The second-order valence-electron chi connectivity index (χ2n) is 7.06. The van der Waals surface area contributed by atoms with E-state index < -0.39 is 0 Å². The van der Waals surface area contributed by atoms with Crippen LogP contribution in [0.2, 0.25) is 0 Å². The highest BCUT2D eigenvalue weighted by molar-refractivity contribution is 5.54. The highest BCUT2D eigenvalue weighted by atomic mass is 16.7. The summed E-state index contributed by atoms with van der Waals surface area (Å²) in [5, 5.41) is 0. The molecule has 8 heteroatoms. The summed E-state index contributed by atoms with van der Waals surface area (Å²) in [6, 6.07) is 7.53. The van der Waals surface area contributed by atoms with Crippen molar-refractivity contribution in [2.75, 3.05) is 20.4 Å². The van der Waals surface area contributed by atoms with Gasteiger partial charge < -0.3 is 19.2 Å². The Hall–Kier alpha value is -3.39. The molecule has 148 valence electrons. The smallest absolute Gasteiger partial charge is 0.254 e. The fourth-order valence-electron chi connectivity index (χ4n) is 3.79. The zero-order chi connectivity index (χ0) is 19.8. The summed E-state index contributed by atoms with van der Waals surface area (Å²) in [6.45, 7) is 2.24. The van der Waals surface area contributed by atoms with E-state index in [0.717, 1.165) is 40.4 Å². The highest BCUT2D eigenvalue weighted by Crippen LogP contribution is 2.38. The average molecular weight is 392 g/mol. The van der Waals surface area contributed by atoms with E-state index >= 15 is 0 Å². The summed E-state index contributed by atoms with van der Waals surface area (Å²) >= 11 is 0. The number of pyridine rings is 1. The lowest BCUT2D eigenvalue weighted by molar-refractivity contribution is 0.173. The van der Waals surface area contributed by atoms with Crippen molar-refractivity contribution in [3.8, 4) is 28.6 Å². The van der Waals surface area contributed by atoms with E-state index in [9.17, 15) is 4.79 Å². The lowest BCUT2D eigenvalue weighted by atomic mass is 10.0. The zero-order valence-corrected chi connectivity index (χ0v) is 16.0. The molecule has 0 unspecified atom stereocenters. The molecule has 0 atom stereocenters. The largest absolute Gasteiger partial charge is 0.496 e. The van der Waals surface area contributed by atoms with E-state index in [2.05, 4.69) is 14.9 Å². The van der Waals surface area contributed by atoms with Crippen LogP contribution in [0.1, 0.15) is 16.8 Å². The van der Waals surface area contributed by atoms with Crippen molar-refractivity contribution in [1.82, 2.24) is 19.9 Å². The molecule has 2 aliphatic rings. The second kappa shape index (κ2) is 7.21. The fraction of sp³-hybridized carbons (Fsp3) is 0.286. The number of fused-ring (bicyclic) bond motifs is 2. The Kier molecular flexibility index (Phi) is 4.40. The van der Waals surface area contributed by atoms with Crippen molar-refractivity contribution >= 4 is 0 Å². The number of ether oxygens (including phenoxy) is 3. The maximum atomic E-state index is 12.6. The van der Waals surface area contributed by atoms with Crippen LogP contribution in [0.4, 0.5) is 0 Å². The normalized spacial score (nSPS) is 15.2. The van der Waals surface area contributed by atoms with Crippen molar-refractivity contribution in [1.29, 1.82) is 0 Å². The molecule has 5 rings (SSSR count). The molecule has 4 heterocycles. The minimum atomic E-state index is -0.0748. The van der Waals surface area contributed by atoms with Gasteiger partial charge in [-0.1, -0.05) is 0 Å². The van der Waals surface area contributed by atoms with Crippen LogP contribution in [0.3, 0.4) is 0 Å². The number of nitrogens with one attached hydrogen (secondary N) is 1. The van der Waals surface area contributed by atoms with Gasteiger partial charge in [0, 0.05) is 54.8 Å². The van der Waals surface area contributed by atoms with E-state index in [-0.39, 0.29) is 12.4 Å². The van der Waals surface area contributed by atoms with Gasteiger partial charge in [0.25, 0.3) is 5.56 Å². The molecule has 3 aromatic rings. The molecule has 2 aliphatic heterocycles. The number of hydrogen-bond donors (Lipinski definition) is 1. The summed E-state index contributed by atoms with van der Waals surface area (Å²) in [5.74, 6) is 2.73. The summed E-state index contributed by atoms with van der Waals surface area (Å²) in [6.07, 6.45) is 4.04. The molecule has 8 nitrogen and oxygen atoms in total. The third-order valence-electron chi connectivity index (χ3n) is 5.26. The predicted octanol–water partition coefficient (Wildman–Crippen LogP) is 2.13. The van der Waals surface area contributed by atoms with Gasteiger partial charge in [0.1, 0.15) is 11.6 Å². The van der Waals surface area contributed by atoms with Gasteiger partial charge in [-0.15, -0.1) is 0 Å². The minimum absolute atomic E-state index is 0.0748. The molecular formula is C21H20N4O4. The second-order valence-corrected chi connectivity index (χ2v) is 7.06. The number of aromatic nitrogens is 3. The fourth-order valence-corrected chi connectivity index (χ4v) is 3.79. The van der Waals surface area contributed by atoms with Gasteiger partial charge in [-0.05, 0) is 24.6 Å². The summed E-state index contributed by atoms with van der Waals surface area (Å²) in [5.41, 5.74) is 3.29. The average Bonchev–Trinajstić information content (AvgIpc) is 3.21. The van der Waals surface area contributed by atoms with E-state index in [1.807, 2.05) is 24.3 Å². The maximum absolute atomic E-state index is 12.6. The van der Waals surface area contributed by atoms with Crippen molar-refractivity contribution in [3.63, 3.8) is 0 Å². The Balaban J connectivity index is 1.43. The number of H-pyrrole nitrogens is 1. The lowest BCUT2D eigenvalue weighted by Gasteiger charge is -2.28. The van der Waals surface area contributed by atoms with Gasteiger partial charge >= 0.3 is 0 Å². The van der Waals surface area contributed by atoms with Crippen LogP contribution >= 0.6 is 0 Å². The molecule has 29 heavy (non-hydrogen) atoms. The van der Waals surface area contributed by atoms with E-state index in [1.165, 1.54) is 0 Å². The van der Waals surface area contributed by atoms with Gasteiger partial charge in [-0.2, -0.15) is 0 Å². The molecule has 0 aliphatic carbocycles. The topological polar surface area (TPSA) is 89.6 Å². The molecule has 0 spiro atoms. The zero-order valence-electron chi connectivity index (χ0n) is 16.0. The van der Waals surface area contributed by atoms with Crippen LogP contribution in [-0.4, -0.2) is 40.3 Å². The van der Waals surface area contributed by atoms with Crippen LogP contribution in [0, 0.1) is 0 Å². The number of hydrogen-bond acceptors (Lipinski definition) is 7. The lowest BCUT2D eigenvalue weighted by Crippen LogP contribution is -2.35. The van der Waals surface area contributed by atoms with Crippen molar-refractivity contribution in [2.45, 2.75) is 19.5 Å². The SMILES string of the molecule is COc1cc2c(cc1CN1CCc3c(nc(-c4cccnc4)[nH]c3=O)C1)OCO2. The molecule has 0 radical (unpaired) electrons. The molecule has 0 saturated heterocycles. The summed E-state index contributed by atoms with van der Waals surface area (Å²) in [7, 11) is 1.65. The predicted molar refractivity (Wildman–Crippen MR) is 105 cm³/mol. The number of nitrogens with zero attached hydrogens (tertiary/aromatic N) is 3. The van der Waals surface area contributed by atoms with Gasteiger partial charge in [0.05, 0.1) is 12.8 Å². The number of methoxy groups -OCH3 is 1. The molecule has 0 bridgehead atoms. The maximum Gasteiger partial charge on any atom is 0.254 e. The van der Waals surface area contributed by atoms with Crippen molar-refractivity contribution in [3.05, 3.63) is 63.8 Å².